The summed E-state index contributed by atoms with van der Waals surface area (Å²) in [5, 5.41) is 14.1. The van der Waals surface area contributed by atoms with Crippen LogP contribution < -0.4 is 5.32 Å². The zero-order chi connectivity index (χ0) is 15.2. The maximum atomic E-state index is 5.00. The zero-order valence-electron chi connectivity index (χ0n) is 13.2. The number of hydrogen-bond donors (Lipinski definition) is 1. The molecule has 0 aliphatic carbocycles. The van der Waals surface area contributed by atoms with Crippen LogP contribution in [0.5, 0.6) is 0 Å². The van der Waals surface area contributed by atoms with Gasteiger partial charge in [0, 0.05) is 32.2 Å². The maximum Gasteiger partial charge on any atom is 0.148 e. The summed E-state index contributed by atoms with van der Waals surface area (Å²) in [4.78, 5) is 0. The maximum absolute atomic E-state index is 5.00. The van der Waals surface area contributed by atoms with Crippen LogP contribution >= 0.6 is 11.3 Å². The number of hydrogen-bond acceptors (Lipinski definition) is 5. The van der Waals surface area contributed by atoms with Gasteiger partial charge >= 0.3 is 0 Å². The molecule has 21 heavy (non-hydrogen) atoms. The van der Waals surface area contributed by atoms with Gasteiger partial charge in [0.05, 0.1) is 6.61 Å². The Morgan fingerprint density at radius 2 is 1.81 bits per heavy atom. The van der Waals surface area contributed by atoms with E-state index in [-0.39, 0.29) is 0 Å². The quantitative estimate of drug-likeness (QED) is 0.799. The third kappa shape index (κ3) is 4.33. The van der Waals surface area contributed by atoms with Crippen LogP contribution in [0.1, 0.15) is 21.7 Å². The molecule has 0 bridgehead atoms. The molecule has 1 aromatic carbocycles. The fourth-order valence-corrected chi connectivity index (χ4v) is 3.48. The topological polar surface area (TPSA) is 47.0 Å². The average molecular weight is 305 g/mol. The van der Waals surface area contributed by atoms with Crippen molar-refractivity contribution in [1.29, 1.82) is 0 Å². The minimum absolute atomic E-state index is 0.739. The number of methoxy groups -OCH3 is 1. The van der Waals surface area contributed by atoms with Crippen molar-refractivity contribution >= 4 is 11.3 Å². The lowest BCUT2D eigenvalue weighted by molar-refractivity contribution is 0.199. The Kier molecular flexibility index (Phi) is 5.85. The van der Waals surface area contributed by atoms with Gasteiger partial charge in [-0.2, -0.15) is 0 Å². The Bertz CT molecular complexity index is 572. The molecular weight excluding hydrogens is 282 g/mol. The zero-order valence-corrected chi connectivity index (χ0v) is 14.0. The van der Waals surface area contributed by atoms with Crippen LogP contribution in [0.3, 0.4) is 0 Å². The first-order chi connectivity index (χ1) is 10.1. The Balaban J connectivity index is 2.03. The highest BCUT2D eigenvalue weighted by Gasteiger charge is 2.12. The van der Waals surface area contributed by atoms with E-state index >= 15 is 0 Å². The fourth-order valence-electron chi connectivity index (χ4n) is 2.47. The SMILES string of the molecule is COCCNCCc1nnc(-c2c(C)cc(C)cc2C)s1. The van der Waals surface area contributed by atoms with Crippen molar-refractivity contribution in [3.8, 4) is 10.6 Å². The Hall–Kier alpha value is -1.30. The number of ether oxygens (including phenoxy) is 1. The van der Waals surface area contributed by atoms with Crippen molar-refractivity contribution in [2.24, 2.45) is 0 Å². The van der Waals surface area contributed by atoms with E-state index in [0.717, 1.165) is 36.1 Å². The number of nitrogens with one attached hydrogen (secondary N) is 1. The van der Waals surface area contributed by atoms with E-state index in [9.17, 15) is 0 Å². The third-order valence-electron chi connectivity index (χ3n) is 3.36. The number of aryl methyl sites for hydroxylation is 3. The van der Waals surface area contributed by atoms with Gasteiger partial charge in [0.15, 0.2) is 0 Å². The average Bonchev–Trinajstić information content (AvgIpc) is 2.86. The fraction of sp³-hybridized carbons (Fsp3) is 0.500. The van der Waals surface area contributed by atoms with Crippen LogP contribution in [-0.2, 0) is 11.2 Å². The number of nitrogens with zero attached hydrogens (tertiary/aromatic N) is 2. The molecule has 2 rings (SSSR count). The van der Waals surface area contributed by atoms with Gasteiger partial charge in [-0.05, 0) is 31.9 Å². The summed E-state index contributed by atoms with van der Waals surface area (Å²) in [7, 11) is 1.71. The van der Waals surface area contributed by atoms with Crippen molar-refractivity contribution in [2.45, 2.75) is 27.2 Å². The number of rotatable bonds is 7. The molecule has 114 valence electrons. The molecule has 1 N–H and O–H groups in total. The van der Waals surface area contributed by atoms with Crippen LogP contribution in [0.15, 0.2) is 12.1 Å². The van der Waals surface area contributed by atoms with Crippen molar-refractivity contribution in [3.05, 3.63) is 33.8 Å². The van der Waals surface area contributed by atoms with Crippen LogP contribution in [-0.4, -0.2) is 37.0 Å². The first kappa shape index (κ1) is 16.1. The number of aromatic nitrogens is 2. The second-order valence-corrected chi connectivity index (χ2v) is 6.33. The summed E-state index contributed by atoms with van der Waals surface area (Å²) in [6.07, 6.45) is 0.908. The molecule has 0 spiro atoms. The van der Waals surface area contributed by atoms with E-state index in [2.05, 4.69) is 48.4 Å². The van der Waals surface area contributed by atoms with Gasteiger partial charge in [-0.15, -0.1) is 10.2 Å². The molecule has 0 atom stereocenters. The molecule has 2 aromatic rings. The summed E-state index contributed by atoms with van der Waals surface area (Å²) >= 11 is 1.69. The van der Waals surface area contributed by atoms with Gasteiger partial charge in [0.1, 0.15) is 10.0 Å². The summed E-state index contributed by atoms with van der Waals surface area (Å²) < 4.78 is 5.00. The highest BCUT2D eigenvalue weighted by molar-refractivity contribution is 7.14. The molecule has 0 fully saturated rings. The molecule has 1 aromatic heterocycles. The summed E-state index contributed by atoms with van der Waals surface area (Å²) in [5.74, 6) is 0. The minimum atomic E-state index is 0.739. The normalized spacial score (nSPS) is 11.0. The predicted octanol–water partition coefficient (Wildman–Crippen LogP) is 2.91. The molecule has 0 saturated carbocycles. The molecule has 0 aliphatic rings. The van der Waals surface area contributed by atoms with Gasteiger partial charge < -0.3 is 10.1 Å². The van der Waals surface area contributed by atoms with Gasteiger partial charge in [0.2, 0.25) is 0 Å². The lowest BCUT2D eigenvalue weighted by Gasteiger charge is -2.07. The summed E-state index contributed by atoms with van der Waals surface area (Å²) in [6, 6.07) is 4.41. The van der Waals surface area contributed by atoms with E-state index in [0.29, 0.717) is 0 Å². The minimum Gasteiger partial charge on any atom is -0.383 e. The lowest BCUT2D eigenvalue weighted by atomic mass is 10.0. The van der Waals surface area contributed by atoms with E-state index in [1.54, 1.807) is 18.4 Å². The van der Waals surface area contributed by atoms with Crippen LogP contribution in [0.2, 0.25) is 0 Å². The van der Waals surface area contributed by atoms with E-state index < -0.39 is 0 Å². The molecule has 0 aliphatic heterocycles. The smallest absolute Gasteiger partial charge is 0.148 e. The highest BCUT2D eigenvalue weighted by Crippen LogP contribution is 2.30. The van der Waals surface area contributed by atoms with Gasteiger partial charge in [-0.3, -0.25) is 0 Å². The van der Waals surface area contributed by atoms with E-state index in [1.807, 2.05) is 0 Å². The van der Waals surface area contributed by atoms with Crippen molar-refractivity contribution in [3.63, 3.8) is 0 Å². The second kappa shape index (κ2) is 7.64. The molecule has 4 nitrogen and oxygen atoms in total. The van der Waals surface area contributed by atoms with E-state index in [4.69, 9.17) is 4.74 Å². The first-order valence-electron chi connectivity index (χ1n) is 7.22. The van der Waals surface area contributed by atoms with Crippen molar-refractivity contribution < 1.29 is 4.74 Å². The van der Waals surface area contributed by atoms with Crippen LogP contribution in [0.4, 0.5) is 0 Å². The predicted molar refractivity (Wildman–Crippen MR) is 88.0 cm³/mol. The first-order valence-corrected chi connectivity index (χ1v) is 8.03. The van der Waals surface area contributed by atoms with E-state index in [1.165, 1.54) is 22.3 Å². The Morgan fingerprint density at radius 3 is 2.48 bits per heavy atom. The third-order valence-corrected chi connectivity index (χ3v) is 4.36. The van der Waals surface area contributed by atoms with Gasteiger partial charge in [0.25, 0.3) is 0 Å². The molecular formula is C16H23N3OS. The molecule has 0 unspecified atom stereocenters. The molecule has 0 saturated heterocycles. The monoisotopic (exact) mass is 305 g/mol. The van der Waals surface area contributed by atoms with Gasteiger partial charge in [-0.25, -0.2) is 0 Å². The number of benzene rings is 1. The Labute approximate surface area is 130 Å². The van der Waals surface area contributed by atoms with Crippen LogP contribution in [0.25, 0.3) is 10.6 Å². The standard InChI is InChI=1S/C16H23N3OS/c1-11-9-12(2)15(13(3)10-11)16-19-18-14(21-16)5-6-17-7-8-20-4/h9-10,17H,5-8H2,1-4H3. The van der Waals surface area contributed by atoms with Crippen LogP contribution in [0, 0.1) is 20.8 Å². The lowest BCUT2D eigenvalue weighted by Crippen LogP contribution is -2.21. The molecule has 1 heterocycles. The largest absolute Gasteiger partial charge is 0.383 e. The van der Waals surface area contributed by atoms with Gasteiger partial charge in [-0.1, -0.05) is 29.0 Å². The summed E-state index contributed by atoms with van der Waals surface area (Å²) in [6.45, 7) is 8.93. The molecule has 0 amide bonds. The van der Waals surface area contributed by atoms with Crippen molar-refractivity contribution in [1.82, 2.24) is 15.5 Å². The highest BCUT2D eigenvalue weighted by atomic mass is 32.1. The Morgan fingerprint density at radius 1 is 1.10 bits per heavy atom. The second-order valence-electron chi connectivity index (χ2n) is 5.27. The summed E-state index contributed by atoms with van der Waals surface area (Å²) in [5.41, 5.74) is 5.07. The molecule has 0 radical (unpaired) electrons. The van der Waals surface area contributed by atoms with Crippen molar-refractivity contribution in [2.75, 3.05) is 26.8 Å². The molecule has 5 heteroatoms.